The van der Waals surface area contributed by atoms with Crippen LogP contribution in [0.25, 0.3) is 0 Å². The van der Waals surface area contributed by atoms with Gasteiger partial charge in [-0.1, -0.05) is 0 Å². The Bertz CT molecular complexity index is 174. The highest BCUT2D eigenvalue weighted by Gasteiger charge is 2.32. The van der Waals surface area contributed by atoms with Crippen LogP contribution in [-0.4, -0.2) is 21.8 Å². The molecule has 0 bridgehead atoms. The van der Waals surface area contributed by atoms with E-state index in [1.807, 2.05) is 0 Å². The van der Waals surface area contributed by atoms with E-state index in [1.165, 1.54) is 19.9 Å². The maximum absolute atomic E-state index is 10.2. The van der Waals surface area contributed by atoms with Crippen molar-refractivity contribution in [2.45, 2.75) is 19.4 Å². The molecule has 0 rings (SSSR count). The number of hydrogen-bond acceptors (Lipinski definition) is 3. The van der Waals surface area contributed by atoms with Crippen LogP contribution in [0, 0.1) is 17.2 Å². The van der Waals surface area contributed by atoms with Crippen LogP contribution in [-0.2, 0) is 4.79 Å². The summed E-state index contributed by atoms with van der Waals surface area (Å²) < 4.78 is 0. The van der Waals surface area contributed by atoms with Crippen molar-refractivity contribution in [2.24, 2.45) is 5.92 Å². The SMILES string of the molecule is CC(C)(O)C(C#N)C(=O)O. The average molecular weight is 143 g/mol. The Morgan fingerprint density at radius 3 is 2.10 bits per heavy atom. The molecule has 0 aromatic heterocycles. The Morgan fingerprint density at radius 1 is 1.70 bits per heavy atom. The topological polar surface area (TPSA) is 81.3 Å². The molecule has 0 radical (unpaired) electrons. The van der Waals surface area contributed by atoms with Gasteiger partial charge in [0.1, 0.15) is 0 Å². The number of aliphatic hydroxyl groups is 1. The minimum atomic E-state index is -1.47. The Balaban J connectivity index is 4.42. The molecule has 0 saturated heterocycles. The van der Waals surface area contributed by atoms with Crippen molar-refractivity contribution >= 4 is 5.97 Å². The van der Waals surface area contributed by atoms with Crippen LogP contribution in [0.4, 0.5) is 0 Å². The fourth-order valence-electron chi connectivity index (χ4n) is 0.515. The lowest BCUT2D eigenvalue weighted by Crippen LogP contribution is -2.35. The number of rotatable bonds is 2. The second-order valence-corrected chi connectivity index (χ2v) is 2.55. The van der Waals surface area contributed by atoms with Gasteiger partial charge in [-0.15, -0.1) is 0 Å². The minimum absolute atomic E-state index is 1.29. The minimum Gasteiger partial charge on any atom is -0.480 e. The van der Waals surface area contributed by atoms with Crippen LogP contribution in [0.5, 0.6) is 0 Å². The van der Waals surface area contributed by atoms with E-state index in [9.17, 15) is 4.79 Å². The Hall–Kier alpha value is -1.08. The van der Waals surface area contributed by atoms with E-state index in [4.69, 9.17) is 15.5 Å². The van der Waals surface area contributed by atoms with Crippen molar-refractivity contribution in [3.63, 3.8) is 0 Å². The number of carboxylic acids is 1. The third kappa shape index (κ3) is 2.03. The monoisotopic (exact) mass is 143 g/mol. The predicted octanol–water partition coefficient (Wildman–Crippen LogP) is -0.0183. The van der Waals surface area contributed by atoms with Gasteiger partial charge in [0.25, 0.3) is 0 Å². The molecule has 10 heavy (non-hydrogen) atoms. The zero-order valence-corrected chi connectivity index (χ0v) is 5.83. The zero-order valence-electron chi connectivity index (χ0n) is 5.83. The molecule has 0 aromatic rings. The molecule has 4 heteroatoms. The van der Waals surface area contributed by atoms with Gasteiger partial charge in [0, 0.05) is 0 Å². The Kier molecular flexibility index (Phi) is 2.38. The van der Waals surface area contributed by atoms with Crippen molar-refractivity contribution < 1.29 is 15.0 Å². The first-order valence-electron chi connectivity index (χ1n) is 2.74. The molecule has 0 heterocycles. The molecule has 2 N–H and O–H groups in total. The van der Waals surface area contributed by atoms with Crippen molar-refractivity contribution in [2.75, 3.05) is 0 Å². The quantitative estimate of drug-likeness (QED) is 0.569. The summed E-state index contributed by atoms with van der Waals surface area (Å²) in [7, 11) is 0. The summed E-state index contributed by atoms with van der Waals surface area (Å²) >= 11 is 0. The van der Waals surface area contributed by atoms with Gasteiger partial charge in [-0.25, -0.2) is 0 Å². The summed E-state index contributed by atoms with van der Waals surface area (Å²) in [5.74, 6) is -2.65. The average Bonchev–Trinajstić information content (AvgIpc) is 1.60. The summed E-state index contributed by atoms with van der Waals surface area (Å²) in [5, 5.41) is 25.6. The molecule has 1 unspecified atom stereocenters. The van der Waals surface area contributed by atoms with E-state index >= 15 is 0 Å². The number of nitrogens with zero attached hydrogens (tertiary/aromatic N) is 1. The Labute approximate surface area is 58.7 Å². The van der Waals surface area contributed by atoms with Crippen LogP contribution < -0.4 is 0 Å². The highest BCUT2D eigenvalue weighted by Crippen LogP contribution is 2.14. The van der Waals surface area contributed by atoms with Gasteiger partial charge >= 0.3 is 5.97 Å². The maximum Gasteiger partial charge on any atom is 0.323 e. The van der Waals surface area contributed by atoms with E-state index in [-0.39, 0.29) is 0 Å². The van der Waals surface area contributed by atoms with Gasteiger partial charge in [0.05, 0.1) is 11.7 Å². The van der Waals surface area contributed by atoms with Gasteiger partial charge in [-0.2, -0.15) is 5.26 Å². The van der Waals surface area contributed by atoms with E-state index in [0.29, 0.717) is 0 Å². The number of aliphatic carboxylic acids is 1. The van der Waals surface area contributed by atoms with Crippen molar-refractivity contribution in [3.05, 3.63) is 0 Å². The molecule has 0 aliphatic rings. The summed E-state index contributed by atoms with van der Waals surface area (Å²) in [4.78, 5) is 10.2. The summed E-state index contributed by atoms with van der Waals surface area (Å²) in [6.45, 7) is 2.57. The van der Waals surface area contributed by atoms with Gasteiger partial charge < -0.3 is 10.2 Å². The molecule has 0 aromatic carbocycles. The first-order valence-corrected chi connectivity index (χ1v) is 2.74. The number of carbonyl (C=O) groups is 1. The van der Waals surface area contributed by atoms with Crippen LogP contribution >= 0.6 is 0 Å². The fourth-order valence-corrected chi connectivity index (χ4v) is 0.515. The fraction of sp³-hybridized carbons (Fsp3) is 0.667. The third-order valence-electron chi connectivity index (χ3n) is 1.08. The highest BCUT2D eigenvalue weighted by molar-refractivity contribution is 5.74. The van der Waals surface area contributed by atoms with E-state index in [0.717, 1.165) is 0 Å². The van der Waals surface area contributed by atoms with E-state index in [1.54, 1.807) is 0 Å². The first-order chi connectivity index (χ1) is 4.39. The lowest BCUT2D eigenvalue weighted by molar-refractivity contribution is -0.146. The van der Waals surface area contributed by atoms with Gasteiger partial charge in [-0.3, -0.25) is 4.79 Å². The number of nitriles is 1. The summed E-state index contributed by atoms with van der Waals surface area (Å²) in [6.07, 6.45) is 0. The van der Waals surface area contributed by atoms with Crippen LogP contribution in [0.2, 0.25) is 0 Å². The lowest BCUT2D eigenvalue weighted by Gasteiger charge is -2.18. The van der Waals surface area contributed by atoms with Crippen molar-refractivity contribution in [1.82, 2.24) is 0 Å². The molecule has 0 fully saturated rings. The summed E-state index contributed by atoms with van der Waals surface area (Å²) in [6, 6.07) is 1.49. The zero-order chi connectivity index (χ0) is 8.36. The third-order valence-corrected chi connectivity index (χ3v) is 1.08. The molecule has 0 spiro atoms. The van der Waals surface area contributed by atoms with Crippen molar-refractivity contribution in [3.8, 4) is 6.07 Å². The normalized spacial score (nSPS) is 13.8. The summed E-state index contributed by atoms with van der Waals surface area (Å²) in [5.41, 5.74) is -1.47. The molecule has 56 valence electrons. The molecular weight excluding hydrogens is 134 g/mol. The molecular formula is C6H9NO3. The van der Waals surface area contributed by atoms with Gasteiger partial charge in [0.15, 0.2) is 5.92 Å². The highest BCUT2D eigenvalue weighted by atomic mass is 16.4. The largest absolute Gasteiger partial charge is 0.480 e. The lowest BCUT2D eigenvalue weighted by atomic mass is 9.93. The molecule has 0 saturated carbocycles. The standard InChI is InChI=1S/C6H9NO3/c1-6(2,10)4(3-7)5(8)9/h4,10H,1-2H3,(H,8,9). The molecule has 1 atom stereocenters. The van der Waals surface area contributed by atoms with E-state index in [2.05, 4.69) is 0 Å². The van der Waals surface area contributed by atoms with Crippen LogP contribution in [0.15, 0.2) is 0 Å². The Morgan fingerprint density at radius 2 is 2.10 bits per heavy atom. The first kappa shape index (κ1) is 8.92. The van der Waals surface area contributed by atoms with E-state index < -0.39 is 17.5 Å². The molecule has 0 amide bonds. The number of hydrogen-bond donors (Lipinski definition) is 2. The maximum atomic E-state index is 10.2. The second-order valence-electron chi connectivity index (χ2n) is 2.55. The molecule has 0 aliphatic heterocycles. The smallest absolute Gasteiger partial charge is 0.323 e. The molecule has 4 nitrogen and oxygen atoms in total. The van der Waals surface area contributed by atoms with Crippen LogP contribution in [0.1, 0.15) is 13.8 Å². The predicted molar refractivity (Wildman–Crippen MR) is 33.0 cm³/mol. The molecule has 0 aliphatic carbocycles. The van der Waals surface area contributed by atoms with Crippen molar-refractivity contribution in [1.29, 1.82) is 5.26 Å². The van der Waals surface area contributed by atoms with Gasteiger partial charge in [-0.05, 0) is 13.8 Å². The van der Waals surface area contributed by atoms with Crippen LogP contribution in [0.3, 0.4) is 0 Å². The second kappa shape index (κ2) is 2.67. The number of carboxylic acid groups (broad SMARTS) is 1. The van der Waals surface area contributed by atoms with Gasteiger partial charge in [0.2, 0.25) is 0 Å².